The summed E-state index contributed by atoms with van der Waals surface area (Å²) in [6.45, 7) is 0.565. The van der Waals surface area contributed by atoms with Crippen molar-refractivity contribution in [2.75, 3.05) is 31.1 Å². The maximum Gasteiger partial charge on any atom is 0.416 e. The van der Waals surface area contributed by atoms with Crippen LogP contribution in [0.1, 0.15) is 11.1 Å². The van der Waals surface area contributed by atoms with Crippen molar-refractivity contribution < 1.29 is 21.6 Å². The number of hydrogen-bond acceptors (Lipinski definition) is 5. The standard InChI is InChI=1S/C16H16ClF3N4O3S/c17-14-13(9-21-22-15(14)25)23-5-7-24(8-6-23)28(26,27)10-11-3-1-2-4-12(11)16(18,19)20/h1-4,9H,5-8,10H2,(H,22,25). The number of rotatable bonds is 4. The van der Waals surface area contributed by atoms with Gasteiger partial charge in [0.2, 0.25) is 10.0 Å². The van der Waals surface area contributed by atoms with E-state index in [2.05, 4.69) is 10.2 Å². The van der Waals surface area contributed by atoms with E-state index in [9.17, 15) is 26.4 Å². The highest BCUT2D eigenvalue weighted by Crippen LogP contribution is 2.33. The topological polar surface area (TPSA) is 86.4 Å². The molecule has 0 aliphatic carbocycles. The Morgan fingerprint density at radius 3 is 2.43 bits per heavy atom. The predicted octanol–water partition coefficient (Wildman–Crippen LogP) is 2.09. The van der Waals surface area contributed by atoms with Crippen molar-refractivity contribution in [3.63, 3.8) is 0 Å². The number of nitrogens with one attached hydrogen (secondary N) is 1. The third-order valence-corrected chi connectivity index (χ3v) is 6.60. The maximum absolute atomic E-state index is 13.1. The average Bonchev–Trinajstić information content (AvgIpc) is 2.63. The quantitative estimate of drug-likeness (QED) is 0.793. The molecule has 1 fully saturated rings. The Morgan fingerprint density at radius 2 is 1.79 bits per heavy atom. The molecule has 1 N–H and O–H groups in total. The molecular weight excluding hydrogens is 421 g/mol. The van der Waals surface area contributed by atoms with E-state index in [1.165, 1.54) is 18.3 Å². The maximum atomic E-state index is 13.1. The lowest BCUT2D eigenvalue weighted by Gasteiger charge is -2.35. The zero-order chi connectivity index (χ0) is 20.5. The molecule has 0 saturated carbocycles. The van der Waals surface area contributed by atoms with Crippen molar-refractivity contribution in [2.45, 2.75) is 11.9 Å². The van der Waals surface area contributed by atoms with E-state index in [4.69, 9.17) is 11.6 Å². The van der Waals surface area contributed by atoms with Crippen molar-refractivity contribution in [2.24, 2.45) is 0 Å². The highest BCUT2D eigenvalue weighted by atomic mass is 35.5. The summed E-state index contributed by atoms with van der Waals surface area (Å²) in [4.78, 5) is 13.3. The molecule has 0 radical (unpaired) electrons. The van der Waals surface area contributed by atoms with Crippen LogP contribution < -0.4 is 10.5 Å². The fourth-order valence-corrected chi connectivity index (χ4v) is 4.77. The van der Waals surface area contributed by atoms with Crippen molar-refractivity contribution in [1.29, 1.82) is 0 Å². The summed E-state index contributed by atoms with van der Waals surface area (Å²) >= 11 is 5.96. The van der Waals surface area contributed by atoms with Gasteiger partial charge >= 0.3 is 6.18 Å². The lowest BCUT2D eigenvalue weighted by atomic mass is 10.1. The van der Waals surface area contributed by atoms with E-state index < -0.39 is 33.1 Å². The fraction of sp³-hybridized carbons (Fsp3) is 0.375. The summed E-state index contributed by atoms with van der Waals surface area (Å²) in [5, 5.41) is 5.82. The molecule has 2 heterocycles. The molecule has 1 aromatic heterocycles. The second-order valence-corrected chi connectivity index (χ2v) is 8.54. The molecule has 2 aromatic rings. The van der Waals surface area contributed by atoms with Crippen LogP contribution in [-0.4, -0.2) is 49.1 Å². The van der Waals surface area contributed by atoms with Gasteiger partial charge in [0.15, 0.2) is 0 Å². The number of halogens is 4. The van der Waals surface area contributed by atoms with Gasteiger partial charge in [0.25, 0.3) is 5.56 Å². The Labute approximate surface area is 163 Å². The molecule has 1 saturated heterocycles. The van der Waals surface area contributed by atoms with Crippen LogP contribution in [0.2, 0.25) is 5.02 Å². The van der Waals surface area contributed by atoms with E-state index in [1.807, 2.05) is 0 Å². The van der Waals surface area contributed by atoms with E-state index in [0.717, 1.165) is 16.4 Å². The lowest BCUT2D eigenvalue weighted by Crippen LogP contribution is -2.49. The second-order valence-electron chi connectivity index (χ2n) is 6.20. The Hall–Kier alpha value is -2.11. The van der Waals surface area contributed by atoms with E-state index >= 15 is 0 Å². The van der Waals surface area contributed by atoms with Crippen LogP contribution >= 0.6 is 11.6 Å². The number of aromatic nitrogens is 2. The van der Waals surface area contributed by atoms with Crippen molar-refractivity contribution in [3.8, 4) is 0 Å². The predicted molar refractivity (Wildman–Crippen MR) is 97.7 cm³/mol. The van der Waals surface area contributed by atoms with Crippen LogP contribution in [0.3, 0.4) is 0 Å². The molecule has 7 nitrogen and oxygen atoms in total. The van der Waals surface area contributed by atoms with E-state index in [-0.39, 0.29) is 36.8 Å². The van der Waals surface area contributed by atoms with Crippen LogP contribution in [0.4, 0.5) is 18.9 Å². The number of anilines is 1. The van der Waals surface area contributed by atoms with E-state index in [1.54, 1.807) is 4.90 Å². The molecule has 152 valence electrons. The molecular formula is C16H16ClF3N4O3S. The number of H-pyrrole nitrogens is 1. The third kappa shape index (κ3) is 4.31. The summed E-state index contributed by atoms with van der Waals surface area (Å²) in [7, 11) is -3.95. The average molecular weight is 437 g/mol. The minimum atomic E-state index is -4.63. The van der Waals surface area contributed by atoms with Crippen LogP contribution in [0.5, 0.6) is 0 Å². The molecule has 0 unspecified atom stereocenters. The van der Waals surface area contributed by atoms with Crippen LogP contribution in [0.15, 0.2) is 35.3 Å². The molecule has 12 heteroatoms. The Kier molecular flexibility index (Phi) is 5.69. The van der Waals surface area contributed by atoms with Gasteiger partial charge in [-0.1, -0.05) is 29.8 Å². The summed E-state index contributed by atoms with van der Waals surface area (Å²) in [5.41, 5.74) is -1.43. The number of sulfonamides is 1. The molecule has 0 atom stereocenters. The molecule has 0 bridgehead atoms. The highest BCUT2D eigenvalue weighted by molar-refractivity contribution is 7.88. The number of alkyl halides is 3. The zero-order valence-corrected chi connectivity index (χ0v) is 16.0. The molecule has 1 aromatic carbocycles. The first-order valence-electron chi connectivity index (χ1n) is 8.20. The van der Waals surface area contributed by atoms with Crippen molar-refractivity contribution in [3.05, 3.63) is 57.0 Å². The van der Waals surface area contributed by atoms with Gasteiger partial charge in [-0.25, -0.2) is 13.5 Å². The molecule has 0 amide bonds. The number of hydrogen-bond donors (Lipinski definition) is 1. The summed E-state index contributed by atoms with van der Waals surface area (Å²) in [5.74, 6) is -0.740. The fourth-order valence-electron chi connectivity index (χ4n) is 3.01. The minimum Gasteiger partial charge on any atom is -0.366 e. The zero-order valence-electron chi connectivity index (χ0n) is 14.4. The minimum absolute atomic E-state index is 0.0505. The van der Waals surface area contributed by atoms with Gasteiger partial charge in [0.05, 0.1) is 23.2 Å². The lowest BCUT2D eigenvalue weighted by molar-refractivity contribution is -0.138. The highest BCUT2D eigenvalue weighted by Gasteiger charge is 2.35. The van der Waals surface area contributed by atoms with Gasteiger partial charge < -0.3 is 4.90 Å². The van der Waals surface area contributed by atoms with Gasteiger partial charge in [-0.2, -0.15) is 22.6 Å². The summed E-state index contributed by atoms with van der Waals surface area (Å²) in [6.07, 6.45) is -3.26. The Bertz CT molecular complexity index is 1020. The molecule has 28 heavy (non-hydrogen) atoms. The SMILES string of the molecule is O=c1[nH]ncc(N2CCN(S(=O)(=O)Cc3ccccc3C(F)(F)F)CC2)c1Cl. The van der Waals surface area contributed by atoms with Gasteiger partial charge in [0.1, 0.15) is 5.02 Å². The second kappa shape index (κ2) is 7.72. The summed E-state index contributed by atoms with van der Waals surface area (Å²) < 4.78 is 65.8. The van der Waals surface area contributed by atoms with Gasteiger partial charge in [-0.15, -0.1) is 0 Å². The van der Waals surface area contributed by atoms with Crippen LogP contribution in [0.25, 0.3) is 0 Å². The smallest absolute Gasteiger partial charge is 0.366 e. The Morgan fingerprint density at radius 1 is 1.14 bits per heavy atom. The summed E-state index contributed by atoms with van der Waals surface area (Å²) in [6, 6.07) is 4.63. The third-order valence-electron chi connectivity index (χ3n) is 4.41. The molecule has 0 spiro atoms. The van der Waals surface area contributed by atoms with Crippen molar-refractivity contribution >= 4 is 27.3 Å². The number of aromatic amines is 1. The number of piperazine rings is 1. The first kappa shape index (κ1) is 20.6. The van der Waals surface area contributed by atoms with Crippen LogP contribution in [-0.2, 0) is 22.0 Å². The first-order chi connectivity index (χ1) is 13.1. The monoisotopic (exact) mass is 436 g/mol. The van der Waals surface area contributed by atoms with Gasteiger partial charge in [-0.3, -0.25) is 4.79 Å². The van der Waals surface area contributed by atoms with Crippen LogP contribution in [0, 0.1) is 0 Å². The molecule has 1 aliphatic heterocycles. The molecule has 1 aliphatic rings. The normalized spacial score (nSPS) is 16.4. The Balaban J connectivity index is 1.74. The van der Waals surface area contributed by atoms with Gasteiger partial charge in [0, 0.05) is 26.2 Å². The largest absolute Gasteiger partial charge is 0.416 e. The van der Waals surface area contributed by atoms with E-state index in [0.29, 0.717) is 5.69 Å². The number of benzene rings is 1. The van der Waals surface area contributed by atoms with Crippen molar-refractivity contribution in [1.82, 2.24) is 14.5 Å². The molecule has 3 rings (SSSR count). The first-order valence-corrected chi connectivity index (χ1v) is 10.2. The van der Waals surface area contributed by atoms with Gasteiger partial charge in [-0.05, 0) is 11.6 Å². The number of nitrogens with zero attached hydrogens (tertiary/aromatic N) is 3.